The van der Waals surface area contributed by atoms with Gasteiger partial charge in [-0.1, -0.05) is 30.3 Å². The Hall–Kier alpha value is -2.50. The zero-order chi connectivity index (χ0) is 16.1. The Labute approximate surface area is 146 Å². The van der Waals surface area contributed by atoms with Crippen LogP contribution in [0.3, 0.4) is 0 Å². The van der Waals surface area contributed by atoms with E-state index in [9.17, 15) is 4.79 Å². The van der Waals surface area contributed by atoms with Crippen LogP contribution >= 0.6 is 12.4 Å². The van der Waals surface area contributed by atoms with Crippen molar-refractivity contribution >= 4 is 29.2 Å². The molecule has 0 bridgehead atoms. The van der Waals surface area contributed by atoms with Gasteiger partial charge in [-0.05, 0) is 42.3 Å². The smallest absolute Gasteiger partial charge is 0.256 e. The number of hydroxylamine groups is 1. The highest BCUT2D eigenvalue weighted by Gasteiger charge is 2.07. The standard InChI is InChI=1S/C18H19N3O2.ClH/c19-9-8-14-12-20-17-7-6-15(11-16(14)17)23-21-18(22)10-13-4-2-1-3-5-13;/h1-7,11-12,20H,8-10,19H2,(H,21,22);1H. The fraction of sp³-hybridized carbons (Fsp3) is 0.167. The number of nitrogens with two attached hydrogens (primary N) is 1. The van der Waals surface area contributed by atoms with Gasteiger partial charge in [0.2, 0.25) is 0 Å². The van der Waals surface area contributed by atoms with Crippen LogP contribution < -0.4 is 16.1 Å². The van der Waals surface area contributed by atoms with Gasteiger partial charge in [-0.3, -0.25) is 4.79 Å². The minimum atomic E-state index is -0.187. The molecule has 0 aliphatic heterocycles. The zero-order valence-corrected chi connectivity index (χ0v) is 13.9. The monoisotopic (exact) mass is 345 g/mol. The van der Waals surface area contributed by atoms with Gasteiger partial charge in [-0.15, -0.1) is 12.4 Å². The number of halogens is 1. The highest BCUT2D eigenvalue weighted by atomic mass is 35.5. The summed E-state index contributed by atoms with van der Waals surface area (Å²) in [5.74, 6) is 0.407. The predicted molar refractivity (Wildman–Crippen MR) is 97.2 cm³/mol. The number of benzene rings is 2. The number of nitrogens with one attached hydrogen (secondary N) is 2. The number of carbonyl (C=O) groups is 1. The molecule has 0 unspecified atom stereocenters. The second kappa shape index (κ2) is 8.38. The van der Waals surface area contributed by atoms with E-state index in [0.29, 0.717) is 12.3 Å². The number of aromatic nitrogens is 1. The van der Waals surface area contributed by atoms with Crippen molar-refractivity contribution in [2.45, 2.75) is 12.8 Å². The number of aromatic amines is 1. The number of hydrogen-bond acceptors (Lipinski definition) is 3. The van der Waals surface area contributed by atoms with Crippen LogP contribution in [0.2, 0.25) is 0 Å². The molecule has 0 saturated carbocycles. The van der Waals surface area contributed by atoms with Crippen molar-refractivity contribution in [3.8, 4) is 5.75 Å². The van der Waals surface area contributed by atoms with Gasteiger partial charge in [0, 0.05) is 17.1 Å². The van der Waals surface area contributed by atoms with E-state index in [2.05, 4.69) is 10.5 Å². The Balaban J connectivity index is 0.00000208. The third kappa shape index (κ3) is 4.28. The topological polar surface area (TPSA) is 80.1 Å². The van der Waals surface area contributed by atoms with E-state index in [0.717, 1.165) is 28.5 Å². The third-order valence-corrected chi connectivity index (χ3v) is 3.64. The van der Waals surface area contributed by atoms with Gasteiger partial charge in [-0.25, -0.2) is 0 Å². The van der Waals surface area contributed by atoms with E-state index in [-0.39, 0.29) is 24.7 Å². The molecular weight excluding hydrogens is 326 g/mol. The molecule has 0 saturated heterocycles. The lowest BCUT2D eigenvalue weighted by molar-refractivity contribution is -0.126. The van der Waals surface area contributed by atoms with E-state index >= 15 is 0 Å². The Bertz CT molecular complexity index is 802. The largest absolute Gasteiger partial charge is 0.380 e. The summed E-state index contributed by atoms with van der Waals surface area (Å²) in [7, 11) is 0. The Morgan fingerprint density at radius 3 is 2.71 bits per heavy atom. The van der Waals surface area contributed by atoms with E-state index in [1.807, 2.05) is 54.7 Å². The maximum absolute atomic E-state index is 11.9. The van der Waals surface area contributed by atoms with Crippen LogP contribution in [-0.2, 0) is 17.6 Å². The van der Waals surface area contributed by atoms with Gasteiger partial charge < -0.3 is 15.6 Å². The summed E-state index contributed by atoms with van der Waals surface area (Å²) < 4.78 is 0. The first-order chi connectivity index (χ1) is 11.3. The number of hydrogen-bond donors (Lipinski definition) is 3. The lowest BCUT2D eigenvalue weighted by Gasteiger charge is -2.07. The van der Waals surface area contributed by atoms with Crippen LogP contribution in [0.25, 0.3) is 10.9 Å². The Morgan fingerprint density at radius 1 is 1.17 bits per heavy atom. The predicted octanol–water partition coefficient (Wildman–Crippen LogP) is 2.74. The van der Waals surface area contributed by atoms with Crippen LogP contribution in [0.15, 0.2) is 54.7 Å². The molecule has 0 fully saturated rings. The first kappa shape index (κ1) is 17.8. The molecule has 0 aliphatic carbocycles. The molecule has 0 spiro atoms. The van der Waals surface area contributed by atoms with Crippen molar-refractivity contribution in [3.05, 3.63) is 65.9 Å². The number of rotatable bonds is 6. The van der Waals surface area contributed by atoms with Crippen LogP contribution in [0.1, 0.15) is 11.1 Å². The molecule has 2 aromatic carbocycles. The molecule has 0 aliphatic rings. The van der Waals surface area contributed by atoms with E-state index in [1.54, 1.807) is 0 Å². The van der Waals surface area contributed by atoms with Gasteiger partial charge >= 0.3 is 0 Å². The normalized spacial score (nSPS) is 10.2. The molecule has 6 heteroatoms. The molecule has 4 N–H and O–H groups in total. The lowest BCUT2D eigenvalue weighted by atomic mass is 10.1. The molecule has 24 heavy (non-hydrogen) atoms. The SMILES string of the molecule is Cl.NCCc1c[nH]c2ccc(ONC(=O)Cc3ccccc3)cc12. The van der Waals surface area contributed by atoms with E-state index in [4.69, 9.17) is 10.6 Å². The molecule has 0 atom stereocenters. The van der Waals surface area contributed by atoms with Gasteiger partial charge in [0.25, 0.3) is 5.91 Å². The van der Waals surface area contributed by atoms with Gasteiger partial charge in [0.15, 0.2) is 5.75 Å². The summed E-state index contributed by atoms with van der Waals surface area (Å²) in [5, 5.41) is 1.06. The highest BCUT2D eigenvalue weighted by Crippen LogP contribution is 2.23. The number of amides is 1. The summed E-state index contributed by atoms with van der Waals surface area (Å²) in [6.45, 7) is 0.589. The average molecular weight is 346 g/mol. The number of carbonyl (C=O) groups excluding carboxylic acids is 1. The molecule has 3 rings (SSSR count). The Kier molecular flexibility index (Phi) is 6.23. The van der Waals surface area contributed by atoms with Crippen molar-refractivity contribution in [3.63, 3.8) is 0 Å². The number of H-pyrrole nitrogens is 1. The molecule has 1 heterocycles. The second-order valence-corrected chi connectivity index (χ2v) is 5.35. The van der Waals surface area contributed by atoms with Crippen molar-refractivity contribution in [2.75, 3.05) is 6.54 Å². The van der Waals surface area contributed by atoms with Crippen LogP contribution in [-0.4, -0.2) is 17.4 Å². The van der Waals surface area contributed by atoms with E-state index in [1.165, 1.54) is 0 Å². The number of fused-ring (bicyclic) bond motifs is 1. The minimum absolute atomic E-state index is 0. The van der Waals surface area contributed by atoms with Crippen LogP contribution in [0.5, 0.6) is 5.75 Å². The van der Waals surface area contributed by atoms with Crippen LogP contribution in [0.4, 0.5) is 0 Å². The summed E-state index contributed by atoms with van der Waals surface area (Å²) in [5.41, 5.74) is 11.2. The Morgan fingerprint density at radius 2 is 1.96 bits per heavy atom. The molecule has 0 radical (unpaired) electrons. The first-order valence-electron chi connectivity index (χ1n) is 7.56. The second-order valence-electron chi connectivity index (χ2n) is 5.35. The van der Waals surface area contributed by atoms with Gasteiger partial charge in [-0.2, -0.15) is 5.48 Å². The average Bonchev–Trinajstić information content (AvgIpc) is 2.97. The van der Waals surface area contributed by atoms with Gasteiger partial charge in [0.05, 0.1) is 6.42 Å². The van der Waals surface area contributed by atoms with E-state index < -0.39 is 0 Å². The van der Waals surface area contributed by atoms with Gasteiger partial charge in [0.1, 0.15) is 0 Å². The fourth-order valence-corrected chi connectivity index (χ4v) is 2.52. The third-order valence-electron chi connectivity index (χ3n) is 3.64. The maximum atomic E-state index is 11.9. The summed E-state index contributed by atoms with van der Waals surface area (Å²) in [6.07, 6.45) is 3.03. The summed E-state index contributed by atoms with van der Waals surface area (Å²) in [6, 6.07) is 15.2. The molecule has 5 nitrogen and oxygen atoms in total. The molecule has 126 valence electrons. The first-order valence-corrected chi connectivity index (χ1v) is 7.56. The molecule has 1 aromatic heterocycles. The quantitative estimate of drug-likeness (QED) is 0.601. The summed E-state index contributed by atoms with van der Waals surface area (Å²) >= 11 is 0. The molecule has 3 aromatic rings. The minimum Gasteiger partial charge on any atom is -0.380 e. The maximum Gasteiger partial charge on any atom is 0.256 e. The van der Waals surface area contributed by atoms with Crippen molar-refractivity contribution in [2.24, 2.45) is 5.73 Å². The van der Waals surface area contributed by atoms with Crippen molar-refractivity contribution in [1.82, 2.24) is 10.5 Å². The fourth-order valence-electron chi connectivity index (χ4n) is 2.52. The lowest BCUT2D eigenvalue weighted by Crippen LogP contribution is -2.28. The molecular formula is C18H20ClN3O2. The summed E-state index contributed by atoms with van der Waals surface area (Å²) in [4.78, 5) is 20.5. The van der Waals surface area contributed by atoms with Crippen molar-refractivity contribution in [1.29, 1.82) is 0 Å². The molecule has 1 amide bonds. The highest BCUT2D eigenvalue weighted by molar-refractivity contribution is 5.85. The van der Waals surface area contributed by atoms with Crippen LogP contribution in [0, 0.1) is 0 Å². The van der Waals surface area contributed by atoms with Crippen molar-refractivity contribution < 1.29 is 9.63 Å². The zero-order valence-electron chi connectivity index (χ0n) is 13.1.